The molecule has 5 heteroatoms. The van der Waals surface area contributed by atoms with E-state index in [0.717, 1.165) is 6.42 Å². The molecule has 1 heterocycles. The Morgan fingerprint density at radius 3 is 2.93 bits per heavy atom. The molecule has 0 saturated carbocycles. The molecule has 1 aliphatic heterocycles. The fourth-order valence-electron chi connectivity index (χ4n) is 1.47. The second kappa shape index (κ2) is 5.07. The van der Waals surface area contributed by atoms with E-state index in [1.165, 1.54) is 0 Å². The molecule has 1 amide bonds. The number of nitrogens with zero attached hydrogens (tertiary/aromatic N) is 1. The topological polar surface area (TPSA) is 72.6 Å². The van der Waals surface area contributed by atoms with Gasteiger partial charge in [0, 0.05) is 33.2 Å². The number of ether oxygens (including phenoxy) is 1. The van der Waals surface area contributed by atoms with Crippen LogP contribution in [0, 0.1) is 0 Å². The summed E-state index contributed by atoms with van der Waals surface area (Å²) in [6, 6.07) is -0.939. The zero-order valence-electron chi connectivity index (χ0n) is 8.36. The maximum atomic E-state index is 11.5. The maximum absolute atomic E-state index is 11.5. The van der Waals surface area contributed by atoms with Crippen LogP contribution >= 0.6 is 0 Å². The molecule has 0 aromatic rings. The van der Waals surface area contributed by atoms with Crippen molar-refractivity contribution in [3.05, 3.63) is 0 Å². The van der Waals surface area contributed by atoms with Crippen molar-refractivity contribution < 1.29 is 14.3 Å². The molecule has 1 atom stereocenters. The third-order valence-electron chi connectivity index (χ3n) is 2.33. The number of ketones is 1. The first kappa shape index (κ1) is 11.1. The summed E-state index contributed by atoms with van der Waals surface area (Å²) in [6.45, 7) is 1.73. The van der Waals surface area contributed by atoms with Gasteiger partial charge in [-0.2, -0.15) is 0 Å². The van der Waals surface area contributed by atoms with Crippen LogP contribution in [-0.2, 0) is 14.3 Å². The Morgan fingerprint density at radius 2 is 2.29 bits per heavy atom. The Balaban J connectivity index is 2.39. The van der Waals surface area contributed by atoms with Gasteiger partial charge < -0.3 is 15.4 Å². The van der Waals surface area contributed by atoms with Gasteiger partial charge >= 0.3 is 0 Å². The lowest BCUT2D eigenvalue weighted by molar-refractivity contribution is -0.141. The molecule has 1 rings (SSSR count). The van der Waals surface area contributed by atoms with Crippen molar-refractivity contribution in [2.24, 2.45) is 5.73 Å². The van der Waals surface area contributed by atoms with Crippen molar-refractivity contribution in [3.8, 4) is 0 Å². The summed E-state index contributed by atoms with van der Waals surface area (Å²) in [5.41, 5.74) is 5.44. The first-order chi connectivity index (χ1) is 6.66. The van der Waals surface area contributed by atoms with Gasteiger partial charge in [0.2, 0.25) is 5.91 Å². The van der Waals surface area contributed by atoms with E-state index in [9.17, 15) is 9.59 Å². The van der Waals surface area contributed by atoms with E-state index in [1.54, 1.807) is 12.0 Å². The standard InChI is InChI=1S/C9H16N2O3/c1-14-6-2-4-11-5-3-7(12)8(10)9(11)13/h8H,2-6,10H2,1H3. The third-order valence-corrected chi connectivity index (χ3v) is 2.33. The Hall–Kier alpha value is -0.940. The fourth-order valence-corrected chi connectivity index (χ4v) is 1.47. The molecule has 14 heavy (non-hydrogen) atoms. The number of rotatable bonds is 4. The summed E-state index contributed by atoms with van der Waals surface area (Å²) >= 11 is 0. The highest BCUT2D eigenvalue weighted by Gasteiger charge is 2.31. The van der Waals surface area contributed by atoms with Gasteiger partial charge in [-0.1, -0.05) is 0 Å². The van der Waals surface area contributed by atoms with E-state index in [4.69, 9.17) is 10.5 Å². The van der Waals surface area contributed by atoms with Crippen molar-refractivity contribution in [1.82, 2.24) is 4.90 Å². The van der Waals surface area contributed by atoms with Gasteiger partial charge in [0.25, 0.3) is 0 Å². The molecule has 0 aromatic carbocycles. The van der Waals surface area contributed by atoms with Crippen molar-refractivity contribution in [2.75, 3.05) is 26.8 Å². The van der Waals surface area contributed by atoms with Crippen molar-refractivity contribution in [3.63, 3.8) is 0 Å². The molecule has 1 fully saturated rings. The lowest BCUT2D eigenvalue weighted by Crippen LogP contribution is -2.53. The highest BCUT2D eigenvalue weighted by molar-refractivity contribution is 6.07. The fraction of sp³-hybridized carbons (Fsp3) is 0.778. The monoisotopic (exact) mass is 200 g/mol. The van der Waals surface area contributed by atoms with Gasteiger partial charge in [-0.15, -0.1) is 0 Å². The van der Waals surface area contributed by atoms with Crippen LogP contribution in [0.25, 0.3) is 0 Å². The third kappa shape index (κ3) is 2.52. The molecule has 1 unspecified atom stereocenters. The van der Waals surface area contributed by atoms with Crippen LogP contribution in [0.3, 0.4) is 0 Å². The number of hydrogen-bond acceptors (Lipinski definition) is 4. The summed E-state index contributed by atoms with van der Waals surface area (Å²) in [5, 5.41) is 0. The van der Waals surface area contributed by atoms with Crippen LogP contribution in [0.5, 0.6) is 0 Å². The number of Topliss-reactive ketones (excluding diaryl/α,β-unsaturated/α-hetero) is 1. The summed E-state index contributed by atoms with van der Waals surface area (Å²) < 4.78 is 4.88. The van der Waals surface area contributed by atoms with Gasteiger partial charge in [0.15, 0.2) is 5.78 Å². The summed E-state index contributed by atoms with van der Waals surface area (Å²) in [5.74, 6) is -0.407. The Kier molecular flexibility index (Phi) is 4.03. The predicted octanol–water partition coefficient (Wildman–Crippen LogP) is -0.848. The van der Waals surface area contributed by atoms with Gasteiger partial charge in [-0.3, -0.25) is 9.59 Å². The molecule has 1 saturated heterocycles. The first-order valence-electron chi connectivity index (χ1n) is 4.73. The second-order valence-electron chi connectivity index (χ2n) is 3.37. The number of carbonyl (C=O) groups excluding carboxylic acids is 2. The van der Waals surface area contributed by atoms with Gasteiger partial charge in [0.1, 0.15) is 6.04 Å². The van der Waals surface area contributed by atoms with Crippen LogP contribution in [0.1, 0.15) is 12.8 Å². The maximum Gasteiger partial charge on any atom is 0.247 e. The van der Waals surface area contributed by atoms with Crippen molar-refractivity contribution in [1.29, 1.82) is 0 Å². The number of likely N-dealkylation sites (tertiary alicyclic amines) is 1. The largest absolute Gasteiger partial charge is 0.385 e. The summed E-state index contributed by atoms with van der Waals surface area (Å²) in [4.78, 5) is 24.2. The second-order valence-corrected chi connectivity index (χ2v) is 3.37. The van der Waals surface area contributed by atoms with Gasteiger partial charge in [-0.25, -0.2) is 0 Å². The van der Waals surface area contributed by atoms with Crippen LogP contribution in [0.2, 0.25) is 0 Å². The normalized spacial score (nSPS) is 23.0. The number of carbonyl (C=O) groups is 2. The molecule has 0 aromatic heterocycles. The molecule has 1 aliphatic rings. The van der Waals surface area contributed by atoms with Crippen LogP contribution < -0.4 is 5.73 Å². The Morgan fingerprint density at radius 1 is 1.57 bits per heavy atom. The molecule has 0 aliphatic carbocycles. The van der Waals surface area contributed by atoms with E-state index >= 15 is 0 Å². The number of amides is 1. The van der Waals surface area contributed by atoms with Crippen molar-refractivity contribution >= 4 is 11.7 Å². The lowest BCUT2D eigenvalue weighted by atomic mass is 10.0. The number of piperidine rings is 1. The minimum atomic E-state index is -0.939. The number of nitrogens with two attached hydrogens (primary N) is 1. The van der Waals surface area contributed by atoms with Gasteiger partial charge in [-0.05, 0) is 6.42 Å². The Labute approximate surface area is 83.2 Å². The SMILES string of the molecule is COCCCN1CCC(=O)C(N)C1=O. The minimum absolute atomic E-state index is 0.155. The van der Waals surface area contributed by atoms with E-state index in [0.29, 0.717) is 26.1 Å². The zero-order valence-corrected chi connectivity index (χ0v) is 8.36. The van der Waals surface area contributed by atoms with Gasteiger partial charge in [0.05, 0.1) is 0 Å². The predicted molar refractivity (Wildman–Crippen MR) is 50.7 cm³/mol. The van der Waals surface area contributed by atoms with E-state index in [1.807, 2.05) is 0 Å². The molecular formula is C9H16N2O3. The average molecular weight is 200 g/mol. The molecule has 80 valence electrons. The molecule has 2 N–H and O–H groups in total. The van der Waals surface area contributed by atoms with Crippen LogP contribution in [0.15, 0.2) is 0 Å². The highest BCUT2D eigenvalue weighted by Crippen LogP contribution is 2.07. The average Bonchev–Trinajstić information content (AvgIpc) is 2.18. The summed E-state index contributed by atoms with van der Waals surface area (Å²) in [6.07, 6.45) is 1.16. The zero-order chi connectivity index (χ0) is 10.6. The smallest absolute Gasteiger partial charge is 0.247 e. The highest BCUT2D eigenvalue weighted by atomic mass is 16.5. The molecule has 0 radical (unpaired) electrons. The summed E-state index contributed by atoms with van der Waals surface area (Å²) in [7, 11) is 1.62. The molecule has 0 spiro atoms. The molecular weight excluding hydrogens is 184 g/mol. The molecule has 5 nitrogen and oxygen atoms in total. The quantitative estimate of drug-likeness (QED) is 0.474. The number of hydrogen-bond donors (Lipinski definition) is 1. The Bertz CT molecular complexity index is 230. The first-order valence-corrected chi connectivity index (χ1v) is 4.73. The van der Waals surface area contributed by atoms with Crippen molar-refractivity contribution in [2.45, 2.75) is 18.9 Å². The lowest BCUT2D eigenvalue weighted by Gasteiger charge is -2.29. The van der Waals surface area contributed by atoms with Crippen LogP contribution in [0.4, 0.5) is 0 Å². The molecule has 0 bridgehead atoms. The van der Waals surface area contributed by atoms with E-state index in [-0.39, 0.29) is 11.7 Å². The number of methoxy groups -OCH3 is 1. The van der Waals surface area contributed by atoms with E-state index in [2.05, 4.69) is 0 Å². The minimum Gasteiger partial charge on any atom is -0.385 e. The van der Waals surface area contributed by atoms with E-state index < -0.39 is 6.04 Å². The van der Waals surface area contributed by atoms with Crippen LogP contribution in [-0.4, -0.2) is 49.4 Å².